The molecule has 96 valence electrons. The first-order chi connectivity index (χ1) is 8.13. The molecule has 0 heterocycles. The van der Waals surface area contributed by atoms with E-state index in [4.69, 9.17) is 5.84 Å². The summed E-state index contributed by atoms with van der Waals surface area (Å²) in [6.45, 7) is 8.85. The van der Waals surface area contributed by atoms with Crippen LogP contribution in [0, 0.1) is 19.8 Å². The highest BCUT2D eigenvalue weighted by molar-refractivity contribution is 5.35. The van der Waals surface area contributed by atoms with E-state index in [1.807, 2.05) is 0 Å². The lowest BCUT2D eigenvalue weighted by Crippen LogP contribution is -2.30. The van der Waals surface area contributed by atoms with E-state index in [0.717, 1.165) is 12.3 Å². The van der Waals surface area contributed by atoms with Crippen LogP contribution in [0.2, 0.25) is 0 Å². The zero-order valence-electron chi connectivity index (χ0n) is 11.6. The average molecular weight is 234 g/mol. The first-order valence-corrected chi connectivity index (χ1v) is 6.66. The molecule has 3 N–H and O–H groups in total. The maximum atomic E-state index is 5.73. The van der Waals surface area contributed by atoms with Gasteiger partial charge in [-0.25, -0.2) is 0 Å². The van der Waals surface area contributed by atoms with Crippen LogP contribution in [-0.4, -0.2) is 0 Å². The van der Waals surface area contributed by atoms with Gasteiger partial charge < -0.3 is 0 Å². The molecule has 0 radical (unpaired) electrons. The molecule has 1 aromatic rings. The molecule has 1 rings (SSSR count). The Morgan fingerprint density at radius 3 is 2.35 bits per heavy atom. The number of aryl methyl sites for hydroxylation is 1. The Balaban J connectivity index is 2.89. The number of nitrogens with two attached hydrogens (primary N) is 1. The van der Waals surface area contributed by atoms with Gasteiger partial charge in [-0.1, -0.05) is 44.9 Å². The quantitative estimate of drug-likeness (QED) is 0.582. The molecule has 0 saturated carbocycles. The van der Waals surface area contributed by atoms with Gasteiger partial charge in [-0.05, 0) is 42.9 Å². The topological polar surface area (TPSA) is 38.0 Å². The minimum Gasteiger partial charge on any atom is -0.271 e. The molecule has 0 aliphatic heterocycles. The molecule has 2 heteroatoms. The lowest BCUT2D eigenvalue weighted by Gasteiger charge is -2.23. The molecule has 2 nitrogen and oxygen atoms in total. The zero-order valence-corrected chi connectivity index (χ0v) is 11.6. The fourth-order valence-electron chi connectivity index (χ4n) is 2.39. The van der Waals surface area contributed by atoms with Gasteiger partial charge in [0, 0.05) is 6.04 Å². The third-order valence-corrected chi connectivity index (χ3v) is 3.95. The normalized spacial score (nSPS) is 13.1. The summed E-state index contributed by atoms with van der Waals surface area (Å²) < 4.78 is 0. The van der Waals surface area contributed by atoms with Gasteiger partial charge in [0.05, 0.1) is 0 Å². The first kappa shape index (κ1) is 14.2. The smallest absolute Gasteiger partial charge is 0.0465 e. The Hall–Kier alpha value is -0.860. The van der Waals surface area contributed by atoms with E-state index in [1.165, 1.54) is 29.5 Å². The van der Waals surface area contributed by atoms with Crippen LogP contribution in [0.4, 0.5) is 0 Å². The predicted molar refractivity (Wildman–Crippen MR) is 74.7 cm³/mol. The lowest BCUT2D eigenvalue weighted by atomic mass is 9.88. The summed E-state index contributed by atoms with van der Waals surface area (Å²) in [6.07, 6.45) is 3.56. The first-order valence-electron chi connectivity index (χ1n) is 6.66. The van der Waals surface area contributed by atoms with Crippen LogP contribution in [0.5, 0.6) is 0 Å². The summed E-state index contributed by atoms with van der Waals surface area (Å²) in [5.74, 6) is 6.48. The van der Waals surface area contributed by atoms with Crippen molar-refractivity contribution < 1.29 is 0 Å². The highest BCUT2D eigenvalue weighted by atomic mass is 15.2. The molecule has 0 amide bonds. The average Bonchev–Trinajstić information content (AvgIpc) is 2.35. The van der Waals surface area contributed by atoms with Crippen molar-refractivity contribution in [1.29, 1.82) is 0 Å². The van der Waals surface area contributed by atoms with E-state index in [9.17, 15) is 0 Å². The van der Waals surface area contributed by atoms with Gasteiger partial charge in [-0.15, -0.1) is 0 Å². The van der Waals surface area contributed by atoms with Gasteiger partial charge in [-0.2, -0.15) is 0 Å². The van der Waals surface area contributed by atoms with E-state index in [2.05, 4.69) is 51.3 Å². The molecule has 0 saturated heterocycles. The van der Waals surface area contributed by atoms with Gasteiger partial charge in [0.1, 0.15) is 0 Å². The number of hydrogen-bond donors (Lipinski definition) is 2. The minimum absolute atomic E-state index is 0.278. The number of rotatable bonds is 6. The zero-order chi connectivity index (χ0) is 12.8. The summed E-state index contributed by atoms with van der Waals surface area (Å²) in [5.41, 5.74) is 7.03. The predicted octanol–water partition coefficient (Wildman–Crippen LogP) is 3.63. The number of hydrazine groups is 1. The standard InChI is InChI=1S/C15H26N2/c1-5-13(6-2)10-15(17-16)14-9-7-8-11(3)12(14)4/h7-9,13,15,17H,5-6,10,16H2,1-4H3. The maximum absolute atomic E-state index is 5.73. The fraction of sp³-hybridized carbons (Fsp3) is 0.600. The largest absolute Gasteiger partial charge is 0.271 e. The maximum Gasteiger partial charge on any atom is 0.0465 e. The van der Waals surface area contributed by atoms with Crippen molar-refractivity contribution in [2.75, 3.05) is 0 Å². The van der Waals surface area contributed by atoms with E-state index in [0.29, 0.717) is 0 Å². The summed E-state index contributed by atoms with van der Waals surface area (Å²) in [4.78, 5) is 0. The summed E-state index contributed by atoms with van der Waals surface area (Å²) in [7, 11) is 0. The van der Waals surface area contributed by atoms with Crippen LogP contribution in [0.1, 0.15) is 55.8 Å². The van der Waals surface area contributed by atoms with Crippen molar-refractivity contribution in [3.8, 4) is 0 Å². The minimum atomic E-state index is 0.278. The molecule has 0 fully saturated rings. The van der Waals surface area contributed by atoms with Gasteiger partial charge in [0.15, 0.2) is 0 Å². The van der Waals surface area contributed by atoms with E-state index < -0.39 is 0 Å². The van der Waals surface area contributed by atoms with Crippen molar-refractivity contribution in [1.82, 2.24) is 5.43 Å². The summed E-state index contributed by atoms with van der Waals surface area (Å²) in [6, 6.07) is 6.74. The second kappa shape index (κ2) is 6.77. The molecular formula is C15H26N2. The SMILES string of the molecule is CCC(CC)CC(NN)c1cccc(C)c1C. The van der Waals surface area contributed by atoms with Crippen molar-refractivity contribution in [3.63, 3.8) is 0 Å². The van der Waals surface area contributed by atoms with Crippen LogP contribution in [0.15, 0.2) is 18.2 Å². The van der Waals surface area contributed by atoms with Crippen molar-refractivity contribution in [2.45, 2.75) is 53.0 Å². The van der Waals surface area contributed by atoms with Crippen molar-refractivity contribution in [3.05, 3.63) is 34.9 Å². The third-order valence-electron chi connectivity index (χ3n) is 3.95. The lowest BCUT2D eigenvalue weighted by molar-refractivity contribution is 0.374. The van der Waals surface area contributed by atoms with Crippen molar-refractivity contribution in [2.24, 2.45) is 11.8 Å². The highest BCUT2D eigenvalue weighted by Gasteiger charge is 2.16. The van der Waals surface area contributed by atoms with Crippen LogP contribution in [0.3, 0.4) is 0 Å². The van der Waals surface area contributed by atoms with Gasteiger partial charge in [0.25, 0.3) is 0 Å². The molecule has 0 bridgehead atoms. The molecule has 0 spiro atoms. The Morgan fingerprint density at radius 1 is 1.18 bits per heavy atom. The second-order valence-corrected chi connectivity index (χ2v) is 4.93. The van der Waals surface area contributed by atoms with Gasteiger partial charge in [0.2, 0.25) is 0 Å². The Kier molecular flexibility index (Phi) is 5.66. The third kappa shape index (κ3) is 3.55. The number of benzene rings is 1. The molecule has 0 aliphatic rings. The molecule has 0 aliphatic carbocycles. The van der Waals surface area contributed by atoms with Crippen LogP contribution in [-0.2, 0) is 0 Å². The van der Waals surface area contributed by atoms with Crippen LogP contribution in [0.25, 0.3) is 0 Å². The van der Waals surface area contributed by atoms with Gasteiger partial charge >= 0.3 is 0 Å². The van der Waals surface area contributed by atoms with Crippen LogP contribution >= 0.6 is 0 Å². The van der Waals surface area contributed by atoms with E-state index in [1.54, 1.807) is 0 Å². The Bertz CT molecular complexity index is 343. The number of hydrogen-bond acceptors (Lipinski definition) is 2. The summed E-state index contributed by atoms with van der Waals surface area (Å²) >= 11 is 0. The molecule has 17 heavy (non-hydrogen) atoms. The summed E-state index contributed by atoms with van der Waals surface area (Å²) in [5, 5.41) is 0. The van der Waals surface area contributed by atoms with E-state index in [-0.39, 0.29) is 6.04 Å². The molecule has 1 atom stereocenters. The second-order valence-electron chi connectivity index (χ2n) is 4.93. The van der Waals surface area contributed by atoms with Gasteiger partial charge in [-0.3, -0.25) is 11.3 Å². The van der Waals surface area contributed by atoms with Crippen molar-refractivity contribution >= 4 is 0 Å². The molecule has 1 aromatic carbocycles. The highest BCUT2D eigenvalue weighted by Crippen LogP contribution is 2.27. The van der Waals surface area contributed by atoms with Crippen LogP contribution < -0.4 is 11.3 Å². The van der Waals surface area contributed by atoms with E-state index >= 15 is 0 Å². The Labute approximate surface area is 106 Å². The molecular weight excluding hydrogens is 208 g/mol. The molecule has 0 aromatic heterocycles. The Morgan fingerprint density at radius 2 is 1.82 bits per heavy atom. The monoisotopic (exact) mass is 234 g/mol. The fourth-order valence-corrected chi connectivity index (χ4v) is 2.39. The molecule has 1 unspecified atom stereocenters. The number of nitrogens with one attached hydrogen (secondary N) is 1.